The lowest BCUT2D eigenvalue weighted by molar-refractivity contribution is -0.138. The number of carboxylic acid groups (broad SMARTS) is 1. The average Bonchev–Trinajstić information content (AvgIpc) is 2.30. The van der Waals surface area contributed by atoms with E-state index in [0.717, 1.165) is 52.2 Å². The first-order chi connectivity index (χ1) is 7.75. The average molecular weight is 265 g/mol. The van der Waals surface area contributed by atoms with Crippen LogP contribution >= 0.6 is 12.4 Å². The zero-order chi connectivity index (χ0) is 11.4. The van der Waals surface area contributed by atoms with Crippen molar-refractivity contribution < 1.29 is 14.6 Å². The van der Waals surface area contributed by atoms with Crippen molar-refractivity contribution >= 4 is 18.4 Å². The van der Waals surface area contributed by atoms with Gasteiger partial charge >= 0.3 is 5.97 Å². The maximum absolute atomic E-state index is 10.6. The number of ether oxygens (including phenoxy) is 1. The summed E-state index contributed by atoms with van der Waals surface area (Å²) < 4.78 is 5.33. The van der Waals surface area contributed by atoms with E-state index in [1.807, 2.05) is 4.90 Å². The number of carbonyl (C=O) groups is 1. The van der Waals surface area contributed by atoms with Crippen LogP contribution in [0.1, 0.15) is 12.8 Å². The van der Waals surface area contributed by atoms with Gasteiger partial charge in [0.1, 0.15) is 0 Å². The smallest absolute Gasteiger partial charge is 0.317 e. The summed E-state index contributed by atoms with van der Waals surface area (Å²) in [4.78, 5) is 15.1. The van der Waals surface area contributed by atoms with E-state index < -0.39 is 5.97 Å². The first-order valence-corrected chi connectivity index (χ1v) is 6.01. The molecule has 0 aromatic carbocycles. The van der Waals surface area contributed by atoms with Crippen molar-refractivity contribution in [2.75, 3.05) is 45.9 Å². The molecule has 0 bridgehead atoms. The Morgan fingerprint density at radius 2 is 1.76 bits per heavy atom. The topological polar surface area (TPSA) is 53.0 Å². The first kappa shape index (κ1) is 14.7. The molecule has 6 heteroatoms. The molecule has 5 nitrogen and oxygen atoms in total. The summed E-state index contributed by atoms with van der Waals surface area (Å²) in [5.41, 5.74) is 0. The Labute approximate surface area is 108 Å². The zero-order valence-electron chi connectivity index (χ0n) is 10.0. The minimum absolute atomic E-state index is 0. The van der Waals surface area contributed by atoms with Crippen molar-refractivity contribution in [1.29, 1.82) is 0 Å². The van der Waals surface area contributed by atoms with Crippen LogP contribution in [0.3, 0.4) is 0 Å². The van der Waals surface area contributed by atoms with Crippen LogP contribution in [-0.2, 0) is 9.53 Å². The number of halogens is 1. The highest BCUT2D eigenvalue weighted by molar-refractivity contribution is 5.85. The molecule has 0 unspecified atom stereocenters. The summed E-state index contributed by atoms with van der Waals surface area (Å²) in [6, 6.07) is 0.633. The molecular weight excluding hydrogens is 244 g/mol. The summed E-state index contributed by atoms with van der Waals surface area (Å²) in [5.74, 6) is -0.718. The lowest BCUT2D eigenvalue weighted by Gasteiger charge is -2.39. The Morgan fingerprint density at radius 3 is 2.29 bits per heavy atom. The summed E-state index contributed by atoms with van der Waals surface area (Å²) in [6.07, 6.45) is 2.18. The molecule has 0 atom stereocenters. The molecule has 17 heavy (non-hydrogen) atoms. The van der Waals surface area contributed by atoms with Gasteiger partial charge in [0.05, 0.1) is 19.8 Å². The van der Waals surface area contributed by atoms with Gasteiger partial charge in [-0.25, -0.2) is 0 Å². The van der Waals surface area contributed by atoms with Gasteiger partial charge in [-0.15, -0.1) is 12.4 Å². The van der Waals surface area contributed by atoms with Crippen molar-refractivity contribution in [3.63, 3.8) is 0 Å². The third-order valence-corrected chi connectivity index (χ3v) is 3.48. The molecule has 0 radical (unpaired) electrons. The zero-order valence-corrected chi connectivity index (χ0v) is 10.8. The number of rotatable bonds is 3. The lowest BCUT2D eigenvalue weighted by Crippen LogP contribution is -2.49. The monoisotopic (exact) mass is 264 g/mol. The van der Waals surface area contributed by atoms with Gasteiger partial charge in [-0.1, -0.05) is 0 Å². The van der Waals surface area contributed by atoms with Crippen LogP contribution in [0.2, 0.25) is 0 Å². The van der Waals surface area contributed by atoms with Gasteiger partial charge in [-0.2, -0.15) is 0 Å². The molecule has 2 heterocycles. The number of carboxylic acids is 1. The Kier molecular flexibility index (Phi) is 6.19. The number of aliphatic carboxylic acids is 1. The summed E-state index contributed by atoms with van der Waals surface area (Å²) in [7, 11) is 0. The fourth-order valence-corrected chi connectivity index (χ4v) is 2.58. The SMILES string of the molecule is Cl.O=C(O)CN1CCC(N2CCOCC2)CC1. The van der Waals surface area contributed by atoms with E-state index >= 15 is 0 Å². The van der Waals surface area contributed by atoms with E-state index in [2.05, 4.69) is 4.90 Å². The van der Waals surface area contributed by atoms with Gasteiger partial charge in [0.2, 0.25) is 0 Å². The molecule has 2 fully saturated rings. The molecule has 2 rings (SSSR count). The fraction of sp³-hybridized carbons (Fsp3) is 0.909. The summed E-state index contributed by atoms with van der Waals surface area (Å²) >= 11 is 0. The maximum Gasteiger partial charge on any atom is 0.317 e. The van der Waals surface area contributed by atoms with Gasteiger partial charge in [0.25, 0.3) is 0 Å². The highest BCUT2D eigenvalue weighted by Crippen LogP contribution is 2.17. The second-order valence-electron chi connectivity index (χ2n) is 4.55. The fourth-order valence-electron chi connectivity index (χ4n) is 2.58. The Morgan fingerprint density at radius 1 is 1.18 bits per heavy atom. The second-order valence-corrected chi connectivity index (χ2v) is 4.55. The van der Waals surface area contributed by atoms with Gasteiger partial charge in [-0.05, 0) is 12.8 Å². The molecule has 0 saturated carbocycles. The highest BCUT2D eigenvalue weighted by atomic mass is 35.5. The second kappa shape index (κ2) is 7.16. The van der Waals surface area contributed by atoms with Crippen molar-refractivity contribution in [1.82, 2.24) is 9.80 Å². The van der Waals surface area contributed by atoms with Gasteiger partial charge in [0.15, 0.2) is 0 Å². The number of hydrogen-bond acceptors (Lipinski definition) is 4. The number of morpholine rings is 1. The van der Waals surface area contributed by atoms with E-state index in [9.17, 15) is 4.79 Å². The van der Waals surface area contributed by atoms with E-state index in [-0.39, 0.29) is 19.0 Å². The molecule has 1 N–H and O–H groups in total. The van der Waals surface area contributed by atoms with Crippen molar-refractivity contribution in [2.24, 2.45) is 0 Å². The normalized spacial score (nSPS) is 24.2. The summed E-state index contributed by atoms with van der Waals surface area (Å²) in [6.45, 7) is 5.76. The maximum atomic E-state index is 10.6. The predicted molar refractivity (Wildman–Crippen MR) is 66.7 cm³/mol. The molecule has 0 aromatic heterocycles. The Bertz CT molecular complexity index is 239. The molecule has 2 aliphatic heterocycles. The van der Waals surface area contributed by atoms with Crippen LogP contribution in [0.5, 0.6) is 0 Å². The Hall–Kier alpha value is -0.360. The molecule has 0 aromatic rings. The number of likely N-dealkylation sites (tertiary alicyclic amines) is 1. The number of nitrogens with zero attached hydrogens (tertiary/aromatic N) is 2. The van der Waals surface area contributed by atoms with Crippen molar-refractivity contribution in [3.05, 3.63) is 0 Å². The highest BCUT2D eigenvalue weighted by Gasteiger charge is 2.26. The number of hydrogen-bond donors (Lipinski definition) is 1. The molecule has 100 valence electrons. The van der Waals surface area contributed by atoms with Crippen molar-refractivity contribution in [3.8, 4) is 0 Å². The van der Waals surface area contributed by atoms with Crippen LogP contribution in [-0.4, -0.2) is 72.9 Å². The van der Waals surface area contributed by atoms with Crippen LogP contribution in [0, 0.1) is 0 Å². The minimum atomic E-state index is -0.718. The van der Waals surface area contributed by atoms with Gasteiger partial charge in [0, 0.05) is 32.2 Å². The molecule has 0 amide bonds. The van der Waals surface area contributed by atoms with E-state index in [4.69, 9.17) is 9.84 Å². The van der Waals surface area contributed by atoms with Gasteiger partial charge < -0.3 is 9.84 Å². The van der Waals surface area contributed by atoms with Crippen LogP contribution in [0.15, 0.2) is 0 Å². The third-order valence-electron chi connectivity index (χ3n) is 3.48. The minimum Gasteiger partial charge on any atom is -0.480 e. The van der Waals surface area contributed by atoms with E-state index in [0.29, 0.717) is 6.04 Å². The molecule has 0 spiro atoms. The quantitative estimate of drug-likeness (QED) is 0.794. The van der Waals surface area contributed by atoms with E-state index in [1.165, 1.54) is 0 Å². The summed E-state index contributed by atoms with van der Waals surface area (Å²) in [5, 5.41) is 8.71. The standard InChI is InChI=1S/C11H20N2O3.ClH/c14-11(15)9-12-3-1-10(2-4-12)13-5-7-16-8-6-13;/h10H,1-9H2,(H,14,15);1H. The molecule has 0 aliphatic carbocycles. The van der Waals surface area contributed by atoms with E-state index in [1.54, 1.807) is 0 Å². The third kappa shape index (κ3) is 4.43. The van der Waals surface area contributed by atoms with Crippen LogP contribution in [0.25, 0.3) is 0 Å². The molecule has 2 aliphatic rings. The predicted octanol–water partition coefficient (Wildman–Crippen LogP) is 0.289. The largest absolute Gasteiger partial charge is 0.480 e. The first-order valence-electron chi connectivity index (χ1n) is 6.01. The van der Waals surface area contributed by atoms with Crippen molar-refractivity contribution in [2.45, 2.75) is 18.9 Å². The van der Waals surface area contributed by atoms with Crippen LogP contribution < -0.4 is 0 Å². The van der Waals surface area contributed by atoms with Gasteiger partial charge in [-0.3, -0.25) is 14.6 Å². The molecular formula is C11H21ClN2O3. The lowest BCUT2D eigenvalue weighted by atomic mass is 10.0. The Balaban J connectivity index is 0.00000144. The molecule has 2 saturated heterocycles. The van der Waals surface area contributed by atoms with Crippen LogP contribution in [0.4, 0.5) is 0 Å². The number of piperidine rings is 1.